The first kappa shape index (κ1) is 36.1. The maximum atomic E-state index is 16.0. The molecule has 3 aromatic rings. The molecule has 0 spiro atoms. The van der Waals surface area contributed by atoms with E-state index in [1.54, 1.807) is 4.90 Å². The number of carbonyl (C=O) groups excluding carboxylic acids is 2. The smallest absolute Gasteiger partial charge is 0.457 e. The van der Waals surface area contributed by atoms with Crippen molar-refractivity contribution in [3.05, 3.63) is 87.4 Å². The van der Waals surface area contributed by atoms with Crippen LogP contribution in [0.5, 0.6) is 0 Å². The number of H-pyrrole nitrogens is 1. The zero-order valence-electron chi connectivity index (χ0n) is 25.8. The number of aromatic nitrogens is 2. The Morgan fingerprint density at radius 3 is 2.47 bits per heavy atom. The third-order valence-electron chi connectivity index (χ3n) is 8.22. The number of carbonyl (C=O) groups is 2. The van der Waals surface area contributed by atoms with Crippen LogP contribution in [0.15, 0.2) is 48.9 Å². The van der Waals surface area contributed by atoms with Gasteiger partial charge in [0.1, 0.15) is 23.7 Å². The van der Waals surface area contributed by atoms with Crippen LogP contribution in [0.25, 0.3) is 0 Å². The summed E-state index contributed by atoms with van der Waals surface area (Å²) in [6.45, 7) is 4.78. The van der Waals surface area contributed by atoms with Crippen molar-refractivity contribution in [2.45, 2.75) is 69.2 Å². The number of alkyl halides is 3. The van der Waals surface area contributed by atoms with Crippen LogP contribution in [0.4, 0.5) is 22.0 Å². The molecule has 1 aromatic heterocycles. The van der Waals surface area contributed by atoms with Crippen molar-refractivity contribution in [3.8, 4) is 6.07 Å². The lowest BCUT2D eigenvalue weighted by molar-refractivity contribution is -0.200. The van der Waals surface area contributed by atoms with Crippen molar-refractivity contribution in [2.24, 2.45) is 5.41 Å². The first-order valence-electron chi connectivity index (χ1n) is 14.4. The van der Waals surface area contributed by atoms with Gasteiger partial charge in [-0.1, -0.05) is 62.2 Å². The Morgan fingerprint density at radius 1 is 1.19 bits per heavy atom. The van der Waals surface area contributed by atoms with Gasteiger partial charge in [0.05, 0.1) is 35.2 Å². The van der Waals surface area contributed by atoms with E-state index in [1.165, 1.54) is 49.9 Å². The van der Waals surface area contributed by atoms with Crippen LogP contribution in [-0.4, -0.2) is 64.7 Å². The summed E-state index contributed by atoms with van der Waals surface area (Å²) in [6.07, 6.45) is -2.45. The molecule has 0 aliphatic carbocycles. The van der Waals surface area contributed by atoms with Gasteiger partial charge in [0.25, 0.3) is 0 Å². The number of ether oxygens (including phenoxy) is 1. The number of imidazole rings is 1. The topological polar surface area (TPSA) is 111 Å². The molecule has 0 bridgehead atoms. The Labute approximate surface area is 278 Å². The van der Waals surface area contributed by atoms with Crippen LogP contribution in [-0.2, 0) is 26.2 Å². The van der Waals surface area contributed by atoms with Crippen LogP contribution in [0.3, 0.4) is 0 Å². The minimum absolute atomic E-state index is 0.0486. The summed E-state index contributed by atoms with van der Waals surface area (Å²) in [7, 11) is 1.54. The molecule has 8 nitrogen and oxygen atoms in total. The van der Waals surface area contributed by atoms with Crippen LogP contribution >= 0.6 is 23.2 Å². The summed E-state index contributed by atoms with van der Waals surface area (Å²) in [6, 6.07) is 6.54. The van der Waals surface area contributed by atoms with Crippen LogP contribution in [0.1, 0.15) is 49.9 Å². The third-order valence-corrected chi connectivity index (χ3v) is 8.75. The molecule has 1 fully saturated rings. The second-order valence-corrected chi connectivity index (χ2v) is 13.5. The van der Waals surface area contributed by atoms with E-state index in [1.807, 2.05) is 20.8 Å². The van der Waals surface area contributed by atoms with Crippen molar-refractivity contribution in [3.63, 3.8) is 0 Å². The second-order valence-electron chi connectivity index (χ2n) is 12.7. The molecule has 4 rings (SSSR count). The molecule has 0 radical (unpaired) electrons. The van der Waals surface area contributed by atoms with E-state index in [4.69, 9.17) is 23.2 Å². The molecular formula is C32H32Cl2F5N5O3. The van der Waals surface area contributed by atoms with E-state index >= 15 is 8.78 Å². The van der Waals surface area contributed by atoms with Gasteiger partial charge >= 0.3 is 12.1 Å². The number of hydrogen-bond acceptors (Lipinski definition) is 6. The number of likely N-dealkylation sites (tertiary alicyclic amines) is 1. The van der Waals surface area contributed by atoms with Gasteiger partial charge < -0.3 is 15.0 Å². The molecule has 2 heterocycles. The third kappa shape index (κ3) is 7.55. The highest BCUT2D eigenvalue weighted by Gasteiger charge is 2.64. The predicted molar refractivity (Wildman–Crippen MR) is 163 cm³/mol. The van der Waals surface area contributed by atoms with Gasteiger partial charge in [0.15, 0.2) is 0 Å². The monoisotopic (exact) mass is 699 g/mol. The molecule has 1 aliphatic heterocycles. The van der Waals surface area contributed by atoms with Gasteiger partial charge in [-0.2, -0.15) is 18.4 Å². The Bertz CT molecular complexity index is 1660. The van der Waals surface area contributed by atoms with Crippen molar-refractivity contribution >= 4 is 35.1 Å². The molecule has 1 aliphatic rings. The molecular weight excluding hydrogens is 668 g/mol. The zero-order chi connectivity index (χ0) is 34.9. The molecule has 47 heavy (non-hydrogen) atoms. The number of aromatic amines is 1. The number of halogens is 7. The highest BCUT2D eigenvalue weighted by molar-refractivity contribution is 6.31. The van der Waals surface area contributed by atoms with E-state index in [0.717, 1.165) is 6.07 Å². The highest BCUT2D eigenvalue weighted by atomic mass is 35.5. The highest BCUT2D eigenvalue weighted by Crippen LogP contribution is 2.56. The average molecular weight is 701 g/mol. The zero-order valence-corrected chi connectivity index (χ0v) is 27.3. The fourth-order valence-corrected chi connectivity index (χ4v) is 6.67. The number of nitrogens with zero attached hydrogens (tertiary/aromatic N) is 3. The Balaban J connectivity index is 1.90. The fraction of sp³-hybridized carbons (Fsp3) is 0.438. The number of nitrogens with one attached hydrogen (secondary N) is 2. The van der Waals surface area contributed by atoms with Crippen molar-refractivity contribution in [1.29, 1.82) is 5.26 Å². The number of hydrogen-bond donors (Lipinski definition) is 2. The molecule has 15 heteroatoms. The van der Waals surface area contributed by atoms with E-state index in [9.17, 15) is 28.0 Å². The number of likely N-dealkylation sites (N-methyl/N-ethyl adjacent to an activating group) is 1. The Kier molecular flexibility index (Phi) is 10.6. The van der Waals surface area contributed by atoms with Gasteiger partial charge in [0.2, 0.25) is 5.91 Å². The lowest BCUT2D eigenvalue weighted by Crippen LogP contribution is -2.51. The molecule has 2 aromatic carbocycles. The standard InChI is InChI=1S/C32H32Cl2F5N5O3/c1-30(2,3)12-24-31(15-40,21-9-8-17(33)10-23(21)35)25(20-6-5-7-22(34)26(20)36)27(44(24)4)28(45)43-19(11-18-13-41-16-42-18)14-47-29(46)32(37,38)39/h5-10,13,16,19,24-25,27H,11-12,14H2,1-4H3,(H,41,42)(H,43,45)/t19-,24-,25-,27+,31-/m0/s1. The van der Waals surface area contributed by atoms with Crippen LogP contribution < -0.4 is 5.32 Å². The maximum Gasteiger partial charge on any atom is 0.490 e. The number of esters is 1. The SMILES string of the molecule is CN1[C@@H](CC(C)(C)C)[C@](C#N)(c2ccc(Cl)cc2F)[C@@H](c2cccc(Cl)c2F)[C@@H]1C(=O)N[C@H](COC(=O)C(F)(F)F)Cc1c[nH]cn1. The molecule has 2 N–H and O–H groups in total. The Hall–Kier alpha value is -3.73. The van der Waals surface area contributed by atoms with Gasteiger partial charge in [0, 0.05) is 35.2 Å². The van der Waals surface area contributed by atoms with Gasteiger partial charge in [-0.05, 0) is 42.6 Å². The normalized spacial score (nSPS) is 22.5. The summed E-state index contributed by atoms with van der Waals surface area (Å²) < 4.78 is 75.3. The number of benzene rings is 2. The Morgan fingerprint density at radius 2 is 1.89 bits per heavy atom. The number of nitriles is 1. The van der Waals surface area contributed by atoms with Crippen LogP contribution in [0, 0.1) is 28.4 Å². The van der Waals surface area contributed by atoms with E-state index in [2.05, 4.69) is 26.1 Å². The average Bonchev–Trinajstić information content (AvgIpc) is 3.56. The summed E-state index contributed by atoms with van der Waals surface area (Å²) in [5.74, 6) is -6.48. The van der Waals surface area contributed by atoms with Crippen molar-refractivity contribution in [1.82, 2.24) is 20.2 Å². The van der Waals surface area contributed by atoms with Gasteiger partial charge in [-0.15, -0.1) is 0 Å². The summed E-state index contributed by atoms with van der Waals surface area (Å²) in [4.78, 5) is 34.2. The minimum Gasteiger partial charge on any atom is -0.457 e. The number of rotatable bonds is 9. The summed E-state index contributed by atoms with van der Waals surface area (Å²) in [5.41, 5.74) is -2.36. The molecule has 1 saturated heterocycles. The molecule has 252 valence electrons. The maximum absolute atomic E-state index is 16.0. The van der Waals surface area contributed by atoms with Crippen molar-refractivity contribution in [2.75, 3.05) is 13.7 Å². The largest absolute Gasteiger partial charge is 0.490 e. The minimum atomic E-state index is -5.28. The van der Waals surface area contributed by atoms with Gasteiger partial charge in [-0.3, -0.25) is 9.69 Å². The van der Waals surface area contributed by atoms with Gasteiger partial charge in [-0.25, -0.2) is 18.6 Å². The fourth-order valence-electron chi connectivity index (χ4n) is 6.33. The van der Waals surface area contributed by atoms with E-state index in [0.29, 0.717) is 5.69 Å². The first-order chi connectivity index (χ1) is 21.9. The molecule has 0 saturated carbocycles. The van der Waals surface area contributed by atoms with Crippen molar-refractivity contribution < 1.29 is 36.3 Å². The second kappa shape index (κ2) is 13.8. The molecule has 0 unspecified atom stereocenters. The predicted octanol–water partition coefficient (Wildman–Crippen LogP) is 6.49. The molecule has 5 atom stereocenters. The molecule has 1 amide bonds. The lowest BCUT2D eigenvalue weighted by atomic mass is 9.62. The number of amides is 1. The van der Waals surface area contributed by atoms with E-state index < -0.39 is 71.2 Å². The summed E-state index contributed by atoms with van der Waals surface area (Å²) in [5, 5.41) is 13.5. The van der Waals surface area contributed by atoms with Crippen LogP contribution in [0.2, 0.25) is 10.0 Å². The summed E-state index contributed by atoms with van der Waals surface area (Å²) >= 11 is 12.3. The lowest BCUT2D eigenvalue weighted by Gasteiger charge is -2.38. The first-order valence-corrected chi connectivity index (χ1v) is 15.2. The van der Waals surface area contributed by atoms with E-state index in [-0.39, 0.29) is 34.0 Å². The quantitative estimate of drug-likeness (QED) is 0.195.